The Hall–Kier alpha value is -1.84. The molecule has 1 amide bonds. The first-order valence-corrected chi connectivity index (χ1v) is 4.86. The number of amides is 1. The third-order valence-corrected chi connectivity index (χ3v) is 2.10. The van der Waals surface area contributed by atoms with Crippen LogP contribution in [0.5, 0.6) is 0 Å². The number of carbonyl (C=O) groups is 1. The van der Waals surface area contributed by atoms with Crippen molar-refractivity contribution >= 4 is 11.6 Å². The number of hydrogen-bond acceptors (Lipinski definition) is 2. The van der Waals surface area contributed by atoms with Gasteiger partial charge in [0.05, 0.1) is 5.56 Å². The number of nitrogen functional groups attached to an aromatic ring is 1. The summed E-state index contributed by atoms with van der Waals surface area (Å²) in [5.41, 5.74) is 6.94. The quantitative estimate of drug-likeness (QED) is 0.628. The van der Waals surface area contributed by atoms with Gasteiger partial charge in [0.2, 0.25) is 0 Å². The molecule has 0 aliphatic carbocycles. The highest BCUT2D eigenvalue weighted by Crippen LogP contribution is 2.15. The van der Waals surface area contributed by atoms with E-state index in [2.05, 4.69) is 6.58 Å². The Morgan fingerprint density at radius 3 is 2.75 bits per heavy atom. The Labute approximate surface area is 94.4 Å². The molecule has 1 aromatic rings. The monoisotopic (exact) mass is 222 g/mol. The molecular weight excluding hydrogens is 207 g/mol. The third kappa shape index (κ3) is 2.82. The van der Waals surface area contributed by atoms with Crippen LogP contribution in [-0.4, -0.2) is 24.4 Å². The van der Waals surface area contributed by atoms with Gasteiger partial charge in [0.15, 0.2) is 0 Å². The number of carbonyl (C=O) groups excluding carboxylic acids is 1. The van der Waals surface area contributed by atoms with Crippen LogP contribution in [0.1, 0.15) is 17.3 Å². The van der Waals surface area contributed by atoms with Gasteiger partial charge in [-0.2, -0.15) is 0 Å². The molecular formula is C12H15FN2O. The van der Waals surface area contributed by atoms with Crippen LogP contribution in [-0.2, 0) is 0 Å². The zero-order valence-corrected chi connectivity index (χ0v) is 9.46. The molecule has 0 atom stereocenters. The molecule has 0 aromatic heterocycles. The minimum Gasteiger partial charge on any atom is -0.398 e. The van der Waals surface area contributed by atoms with Gasteiger partial charge in [0, 0.05) is 19.3 Å². The predicted octanol–water partition coefficient (Wildman–Crippen LogP) is 2.06. The molecule has 1 aromatic carbocycles. The first-order chi connectivity index (χ1) is 7.41. The summed E-state index contributed by atoms with van der Waals surface area (Å²) in [4.78, 5) is 13.3. The van der Waals surface area contributed by atoms with Crippen molar-refractivity contribution < 1.29 is 9.18 Å². The highest BCUT2D eigenvalue weighted by Gasteiger charge is 2.15. The summed E-state index contributed by atoms with van der Waals surface area (Å²) in [5.74, 6) is -0.777. The molecule has 4 heteroatoms. The van der Waals surface area contributed by atoms with Gasteiger partial charge >= 0.3 is 0 Å². The van der Waals surface area contributed by atoms with Crippen LogP contribution in [0.25, 0.3) is 0 Å². The summed E-state index contributed by atoms with van der Waals surface area (Å²) in [7, 11) is 1.63. The summed E-state index contributed by atoms with van der Waals surface area (Å²) in [5, 5.41) is 0. The number of benzene rings is 1. The SMILES string of the molecule is C=C(C)CN(C)C(=O)c1cc(F)ccc1N. The number of rotatable bonds is 3. The zero-order valence-electron chi connectivity index (χ0n) is 9.46. The lowest BCUT2D eigenvalue weighted by Crippen LogP contribution is -2.28. The summed E-state index contributed by atoms with van der Waals surface area (Å²) in [6.45, 7) is 5.96. The van der Waals surface area contributed by atoms with E-state index in [4.69, 9.17) is 5.73 Å². The van der Waals surface area contributed by atoms with Crippen molar-refractivity contribution in [1.82, 2.24) is 4.90 Å². The van der Waals surface area contributed by atoms with E-state index in [-0.39, 0.29) is 17.2 Å². The summed E-state index contributed by atoms with van der Waals surface area (Å²) in [6.07, 6.45) is 0. The first-order valence-electron chi connectivity index (χ1n) is 4.86. The van der Waals surface area contributed by atoms with E-state index >= 15 is 0 Å². The van der Waals surface area contributed by atoms with Crippen molar-refractivity contribution in [2.24, 2.45) is 0 Å². The van der Waals surface area contributed by atoms with E-state index in [0.717, 1.165) is 11.6 Å². The molecule has 0 fully saturated rings. The number of nitrogens with two attached hydrogens (primary N) is 1. The highest BCUT2D eigenvalue weighted by atomic mass is 19.1. The number of nitrogens with zero attached hydrogens (tertiary/aromatic N) is 1. The number of halogens is 1. The van der Waals surface area contributed by atoms with Crippen LogP contribution < -0.4 is 5.73 Å². The maximum Gasteiger partial charge on any atom is 0.256 e. The van der Waals surface area contributed by atoms with E-state index in [1.54, 1.807) is 7.05 Å². The van der Waals surface area contributed by atoms with E-state index in [1.807, 2.05) is 6.92 Å². The van der Waals surface area contributed by atoms with Crippen molar-refractivity contribution in [3.63, 3.8) is 0 Å². The van der Waals surface area contributed by atoms with Gasteiger partial charge in [-0.3, -0.25) is 4.79 Å². The van der Waals surface area contributed by atoms with Crippen LogP contribution in [0.3, 0.4) is 0 Å². The van der Waals surface area contributed by atoms with Gasteiger partial charge in [-0.05, 0) is 25.1 Å². The second-order valence-electron chi connectivity index (χ2n) is 3.85. The second-order valence-corrected chi connectivity index (χ2v) is 3.85. The van der Waals surface area contributed by atoms with Crippen molar-refractivity contribution in [3.8, 4) is 0 Å². The molecule has 86 valence electrons. The fourth-order valence-electron chi connectivity index (χ4n) is 1.40. The Morgan fingerprint density at radius 2 is 2.19 bits per heavy atom. The number of anilines is 1. The largest absolute Gasteiger partial charge is 0.398 e. The molecule has 0 aliphatic heterocycles. The van der Waals surface area contributed by atoms with E-state index in [0.29, 0.717) is 6.54 Å². The van der Waals surface area contributed by atoms with Crippen molar-refractivity contribution in [2.45, 2.75) is 6.92 Å². The smallest absolute Gasteiger partial charge is 0.256 e. The van der Waals surface area contributed by atoms with Gasteiger partial charge in [-0.15, -0.1) is 0 Å². The minimum absolute atomic E-state index is 0.184. The molecule has 16 heavy (non-hydrogen) atoms. The first kappa shape index (κ1) is 12.2. The molecule has 0 saturated carbocycles. The summed E-state index contributed by atoms with van der Waals surface area (Å²) < 4.78 is 13.0. The molecule has 0 unspecified atom stereocenters. The van der Waals surface area contributed by atoms with Crippen LogP contribution >= 0.6 is 0 Å². The Kier molecular flexibility index (Phi) is 3.66. The van der Waals surface area contributed by atoms with Gasteiger partial charge in [0.1, 0.15) is 5.82 Å². The average molecular weight is 222 g/mol. The average Bonchev–Trinajstić information content (AvgIpc) is 2.19. The second kappa shape index (κ2) is 4.79. The minimum atomic E-state index is -0.471. The molecule has 2 N–H and O–H groups in total. The van der Waals surface area contributed by atoms with Gasteiger partial charge in [0.25, 0.3) is 5.91 Å². The Morgan fingerprint density at radius 1 is 1.56 bits per heavy atom. The normalized spacial score (nSPS) is 9.94. The van der Waals surface area contributed by atoms with Crippen LogP contribution in [0.4, 0.5) is 10.1 Å². The molecule has 0 aliphatic rings. The van der Waals surface area contributed by atoms with E-state index in [1.165, 1.54) is 17.0 Å². The fraction of sp³-hybridized carbons (Fsp3) is 0.250. The van der Waals surface area contributed by atoms with Crippen LogP contribution in [0, 0.1) is 5.82 Å². The molecule has 0 spiro atoms. The van der Waals surface area contributed by atoms with E-state index in [9.17, 15) is 9.18 Å². The van der Waals surface area contributed by atoms with Gasteiger partial charge in [-0.25, -0.2) is 4.39 Å². The molecule has 0 saturated heterocycles. The van der Waals surface area contributed by atoms with Crippen LogP contribution in [0.15, 0.2) is 30.4 Å². The van der Waals surface area contributed by atoms with Gasteiger partial charge in [-0.1, -0.05) is 12.2 Å². The topological polar surface area (TPSA) is 46.3 Å². The lowest BCUT2D eigenvalue weighted by Gasteiger charge is -2.18. The predicted molar refractivity (Wildman–Crippen MR) is 62.6 cm³/mol. The zero-order chi connectivity index (χ0) is 12.3. The van der Waals surface area contributed by atoms with Crippen LogP contribution in [0.2, 0.25) is 0 Å². The maximum absolute atomic E-state index is 13.0. The summed E-state index contributed by atoms with van der Waals surface area (Å²) >= 11 is 0. The maximum atomic E-state index is 13.0. The molecule has 3 nitrogen and oxygen atoms in total. The molecule has 0 heterocycles. The summed E-state index contributed by atoms with van der Waals surface area (Å²) in [6, 6.07) is 3.76. The number of hydrogen-bond donors (Lipinski definition) is 1. The molecule has 0 bridgehead atoms. The van der Waals surface area contributed by atoms with Crippen molar-refractivity contribution in [1.29, 1.82) is 0 Å². The Bertz CT molecular complexity index is 429. The molecule has 0 radical (unpaired) electrons. The highest BCUT2D eigenvalue weighted by molar-refractivity contribution is 5.99. The number of likely N-dealkylation sites (N-methyl/N-ethyl adjacent to an activating group) is 1. The van der Waals surface area contributed by atoms with Crippen molar-refractivity contribution in [2.75, 3.05) is 19.3 Å². The van der Waals surface area contributed by atoms with Crippen molar-refractivity contribution in [3.05, 3.63) is 41.7 Å². The van der Waals surface area contributed by atoms with E-state index < -0.39 is 5.82 Å². The standard InChI is InChI=1S/C12H15FN2O/c1-8(2)7-15(3)12(16)10-6-9(13)4-5-11(10)14/h4-6H,1,7,14H2,2-3H3. The Balaban J connectivity index is 2.95. The molecule has 1 rings (SSSR count). The third-order valence-electron chi connectivity index (χ3n) is 2.10. The van der Waals surface area contributed by atoms with Gasteiger partial charge < -0.3 is 10.6 Å². The fourth-order valence-corrected chi connectivity index (χ4v) is 1.40. The lowest BCUT2D eigenvalue weighted by atomic mass is 10.1. The lowest BCUT2D eigenvalue weighted by molar-refractivity contribution is 0.0807.